The number of aromatic nitrogens is 3. The second-order valence-electron chi connectivity index (χ2n) is 8.07. The summed E-state index contributed by atoms with van der Waals surface area (Å²) in [6, 6.07) is 3.23. The van der Waals surface area contributed by atoms with Gasteiger partial charge in [-0.15, -0.1) is 0 Å². The monoisotopic (exact) mass is 376 g/mol. The molecular weight excluding hydrogens is 352 g/mol. The van der Waals surface area contributed by atoms with E-state index in [1.54, 1.807) is 6.07 Å². The van der Waals surface area contributed by atoms with Crippen molar-refractivity contribution in [2.75, 3.05) is 0 Å². The van der Waals surface area contributed by atoms with Crippen molar-refractivity contribution in [1.82, 2.24) is 15.1 Å². The number of sulfonamides is 1. The van der Waals surface area contributed by atoms with E-state index in [1.807, 2.05) is 0 Å². The molecule has 0 radical (unpaired) electrons. The minimum atomic E-state index is -3.73. The van der Waals surface area contributed by atoms with Crippen molar-refractivity contribution in [1.29, 1.82) is 0 Å². The number of primary sulfonamides is 1. The number of nitrogens with two attached hydrogens (primary N) is 1. The van der Waals surface area contributed by atoms with Crippen molar-refractivity contribution in [3.8, 4) is 0 Å². The van der Waals surface area contributed by atoms with Crippen LogP contribution in [0.1, 0.15) is 81.1 Å². The largest absolute Gasteiger partial charge is 0.339 e. The third kappa shape index (κ3) is 3.05. The summed E-state index contributed by atoms with van der Waals surface area (Å²) in [5.41, 5.74) is 0.761. The van der Waals surface area contributed by atoms with Crippen LogP contribution < -0.4 is 5.14 Å². The van der Waals surface area contributed by atoms with Crippen molar-refractivity contribution >= 4 is 10.0 Å². The van der Waals surface area contributed by atoms with Crippen LogP contribution in [0.25, 0.3) is 0 Å². The zero-order valence-electron chi connectivity index (χ0n) is 15.1. The van der Waals surface area contributed by atoms with Gasteiger partial charge in [-0.2, -0.15) is 4.98 Å². The van der Waals surface area contributed by atoms with Crippen LogP contribution in [0.3, 0.4) is 0 Å². The highest BCUT2D eigenvalue weighted by molar-refractivity contribution is 7.89. The topological polar surface area (TPSA) is 112 Å². The second-order valence-corrected chi connectivity index (χ2v) is 9.63. The zero-order valence-corrected chi connectivity index (χ0v) is 15.9. The van der Waals surface area contributed by atoms with Gasteiger partial charge in [0, 0.05) is 23.7 Å². The van der Waals surface area contributed by atoms with Crippen molar-refractivity contribution in [3.63, 3.8) is 0 Å². The van der Waals surface area contributed by atoms with E-state index in [-0.39, 0.29) is 22.1 Å². The van der Waals surface area contributed by atoms with Gasteiger partial charge >= 0.3 is 0 Å². The van der Waals surface area contributed by atoms with Gasteiger partial charge in [0.2, 0.25) is 15.9 Å². The predicted octanol–water partition coefficient (Wildman–Crippen LogP) is 3.07. The van der Waals surface area contributed by atoms with E-state index in [0.717, 1.165) is 24.4 Å². The lowest BCUT2D eigenvalue weighted by Crippen LogP contribution is -2.12. The van der Waals surface area contributed by atoms with E-state index in [9.17, 15) is 8.42 Å². The van der Waals surface area contributed by atoms with E-state index in [2.05, 4.69) is 24.0 Å². The predicted molar refractivity (Wildman–Crippen MR) is 95.0 cm³/mol. The summed E-state index contributed by atoms with van der Waals surface area (Å²) in [5.74, 6) is 2.13. The smallest absolute Gasteiger partial charge is 0.239 e. The second kappa shape index (κ2) is 6.13. The Hall–Kier alpha value is -1.80. The van der Waals surface area contributed by atoms with E-state index in [1.165, 1.54) is 31.5 Å². The van der Waals surface area contributed by atoms with Gasteiger partial charge in [0.05, 0.1) is 5.92 Å². The van der Waals surface area contributed by atoms with Crippen LogP contribution in [0, 0.1) is 5.41 Å². The number of rotatable bonds is 4. The molecule has 7 nitrogen and oxygen atoms in total. The van der Waals surface area contributed by atoms with Crippen molar-refractivity contribution in [3.05, 3.63) is 35.7 Å². The Kier molecular flexibility index (Phi) is 4.15. The quantitative estimate of drug-likeness (QED) is 0.877. The normalized spacial score (nSPS) is 26.0. The fraction of sp³-hybridized carbons (Fsp3) is 0.611. The van der Waals surface area contributed by atoms with Crippen LogP contribution in [-0.2, 0) is 10.0 Å². The number of pyridine rings is 1. The lowest BCUT2D eigenvalue weighted by molar-refractivity contribution is 0.351. The van der Waals surface area contributed by atoms with E-state index >= 15 is 0 Å². The molecule has 2 aromatic heterocycles. The van der Waals surface area contributed by atoms with Crippen LogP contribution in [0.2, 0.25) is 0 Å². The van der Waals surface area contributed by atoms with E-state index < -0.39 is 10.0 Å². The van der Waals surface area contributed by atoms with Crippen LogP contribution in [0.5, 0.6) is 0 Å². The first-order chi connectivity index (χ1) is 12.3. The van der Waals surface area contributed by atoms with Crippen molar-refractivity contribution in [2.45, 2.75) is 68.6 Å². The van der Waals surface area contributed by atoms with Gasteiger partial charge in [0.25, 0.3) is 0 Å². The maximum absolute atomic E-state index is 11.4. The molecule has 0 aliphatic heterocycles. The molecule has 0 saturated heterocycles. The number of nitrogens with zero attached hydrogens (tertiary/aromatic N) is 3. The van der Waals surface area contributed by atoms with Gasteiger partial charge in [0.15, 0.2) is 5.82 Å². The number of hydrogen-bond acceptors (Lipinski definition) is 6. The molecule has 2 heterocycles. The maximum atomic E-state index is 11.4. The Morgan fingerprint density at radius 3 is 2.50 bits per heavy atom. The van der Waals surface area contributed by atoms with Crippen LogP contribution in [-0.4, -0.2) is 23.5 Å². The van der Waals surface area contributed by atoms with Gasteiger partial charge < -0.3 is 4.52 Å². The molecule has 0 unspecified atom stereocenters. The molecular formula is C18H24N4O3S. The molecule has 2 saturated carbocycles. The molecule has 2 aliphatic rings. The number of hydrogen-bond donors (Lipinski definition) is 1. The fourth-order valence-corrected chi connectivity index (χ4v) is 4.75. The third-order valence-electron chi connectivity index (χ3n) is 5.93. The fourth-order valence-electron chi connectivity index (χ4n) is 4.29. The molecule has 2 fully saturated rings. The highest BCUT2D eigenvalue weighted by Crippen LogP contribution is 2.69. The van der Waals surface area contributed by atoms with Crippen LogP contribution >= 0.6 is 0 Å². The zero-order chi connectivity index (χ0) is 18.5. The Bertz CT molecular complexity index is 899. The molecule has 8 heteroatoms. The summed E-state index contributed by atoms with van der Waals surface area (Å²) in [7, 11) is -3.73. The molecule has 4 rings (SSSR count). The molecule has 140 valence electrons. The summed E-state index contributed by atoms with van der Waals surface area (Å²) in [6.45, 7) is 4.28. The Balaban J connectivity index is 1.55. The molecule has 2 aliphatic carbocycles. The molecule has 2 atom stereocenters. The molecule has 0 aromatic carbocycles. The van der Waals surface area contributed by atoms with Gasteiger partial charge in [-0.3, -0.25) is 4.98 Å². The summed E-state index contributed by atoms with van der Waals surface area (Å²) in [5, 5.41) is 9.38. The van der Waals surface area contributed by atoms with Gasteiger partial charge in [0.1, 0.15) is 4.90 Å². The Morgan fingerprint density at radius 2 is 1.88 bits per heavy atom. The summed E-state index contributed by atoms with van der Waals surface area (Å²) in [6.07, 6.45) is 7.33. The van der Waals surface area contributed by atoms with Gasteiger partial charge in [-0.05, 0) is 30.4 Å². The van der Waals surface area contributed by atoms with Crippen LogP contribution in [0.4, 0.5) is 0 Å². The highest BCUT2D eigenvalue weighted by atomic mass is 32.2. The van der Waals surface area contributed by atoms with Crippen molar-refractivity contribution < 1.29 is 12.9 Å². The highest BCUT2D eigenvalue weighted by Gasteiger charge is 2.62. The van der Waals surface area contributed by atoms with Gasteiger partial charge in [-0.25, -0.2) is 13.6 Å². The third-order valence-corrected chi connectivity index (χ3v) is 6.83. The summed E-state index contributed by atoms with van der Waals surface area (Å²) in [4.78, 5) is 9.05. The average Bonchev–Trinajstić information content (AvgIpc) is 2.95. The maximum Gasteiger partial charge on any atom is 0.239 e. The summed E-state index contributed by atoms with van der Waals surface area (Å²) < 4.78 is 28.4. The molecule has 0 amide bonds. The Morgan fingerprint density at radius 1 is 1.15 bits per heavy atom. The lowest BCUT2D eigenvalue weighted by atomic mass is 9.89. The van der Waals surface area contributed by atoms with Gasteiger partial charge in [-0.1, -0.05) is 38.3 Å². The SMILES string of the molecule is CC1(C)[C@@H](c2ccc(S(N)(=O)=O)cn2)[C@@H]1c1nc(C2CCCCC2)no1. The van der Waals surface area contributed by atoms with Crippen molar-refractivity contribution in [2.24, 2.45) is 10.6 Å². The lowest BCUT2D eigenvalue weighted by Gasteiger charge is -2.17. The Labute approximate surface area is 153 Å². The molecule has 0 bridgehead atoms. The van der Waals surface area contributed by atoms with E-state index in [4.69, 9.17) is 14.6 Å². The molecule has 26 heavy (non-hydrogen) atoms. The van der Waals surface area contributed by atoms with Crippen LogP contribution in [0.15, 0.2) is 27.7 Å². The molecule has 0 spiro atoms. The minimum absolute atomic E-state index is 0.0219. The first-order valence-electron chi connectivity index (χ1n) is 9.11. The molecule has 2 N–H and O–H groups in total. The minimum Gasteiger partial charge on any atom is -0.339 e. The first-order valence-corrected chi connectivity index (χ1v) is 10.7. The average molecular weight is 376 g/mol. The molecule has 2 aromatic rings. The summed E-state index contributed by atoms with van der Waals surface area (Å²) >= 11 is 0. The first kappa shape index (κ1) is 17.6. The van der Waals surface area contributed by atoms with E-state index in [0.29, 0.717) is 11.8 Å². The standard InChI is InChI=1S/C18H24N4O3S/c1-18(2)14(13-9-8-12(10-20-13)26(19,23)24)15(18)17-21-16(22-25-17)11-6-4-3-5-7-11/h8-11,14-15H,3-7H2,1-2H3,(H2,19,23,24)/t14-,15+/m0/s1.